The van der Waals surface area contributed by atoms with Crippen molar-refractivity contribution in [3.63, 3.8) is 0 Å². The topological polar surface area (TPSA) is 50.1 Å². The van der Waals surface area contributed by atoms with Crippen molar-refractivity contribution in [3.8, 4) is 6.07 Å². The molecule has 0 saturated carbocycles. The summed E-state index contributed by atoms with van der Waals surface area (Å²) in [5.41, 5.74) is 0.968. The van der Waals surface area contributed by atoms with Crippen molar-refractivity contribution in [2.24, 2.45) is 0 Å². The molecule has 1 aromatic rings. The molecule has 0 amide bonds. The number of benzene rings is 1. The number of methoxy groups -OCH3 is 1. The molecule has 1 aromatic carbocycles. The van der Waals surface area contributed by atoms with Gasteiger partial charge in [0.1, 0.15) is 5.82 Å². The number of esters is 1. The molecular formula is C11H9ClFNO2. The predicted octanol–water partition coefficient (Wildman–Crippen LogP) is 2.15. The summed E-state index contributed by atoms with van der Waals surface area (Å²) in [5.74, 6) is -0.992. The third kappa shape index (κ3) is 2.71. The van der Waals surface area contributed by atoms with E-state index < -0.39 is 11.8 Å². The molecule has 0 unspecified atom stereocenters. The highest BCUT2D eigenvalue weighted by atomic mass is 35.5. The van der Waals surface area contributed by atoms with Crippen LogP contribution in [0.5, 0.6) is 0 Å². The zero-order chi connectivity index (χ0) is 12.1. The molecule has 1 rings (SSSR count). The normalized spacial score (nSPS) is 9.62. The van der Waals surface area contributed by atoms with Crippen molar-refractivity contribution in [1.29, 1.82) is 5.26 Å². The highest BCUT2D eigenvalue weighted by Crippen LogP contribution is 2.19. The Morgan fingerprint density at radius 2 is 2.31 bits per heavy atom. The summed E-state index contributed by atoms with van der Waals surface area (Å²) in [4.78, 5) is 11.1. The van der Waals surface area contributed by atoms with Crippen LogP contribution < -0.4 is 0 Å². The molecule has 0 aliphatic carbocycles. The van der Waals surface area contributed by atoms with Gasteiger partial charge in [-0.2, -0.15) is 5.26 Å². The van der Waals surface area contributed by atoms with Gasteiger partial charge in [-0.3, -0.25) is 4.79 Å². The van der Waals surface area contributed by atoms with Gasteiger partial charge in [-0.05, 0) is 23.3 Å². The quantitative estimate of drug-likeness (QED) is 0.602. The molecule has 0 aliphatic rings. The lowest BCUT2D eigenvalue weighted by molar-refractivity contribution is -0.139. The van der Waals surface area contributed by atoms with Crippen molar-refractivity contribution in [2.75, 3.05) is 7.11 Å². The lowest BCUT2D eigenvalue weighted by atomic mass is 9.99. The van der Waals surface area contributed by atoms with E-state index in [4.69, 9.17) is 16.9 Å². The average Bonchev–Trinajstić information content (AvgIpc) is 2.30. The molecule has 0 heterocycles. The molecule has 3 nitrogen and oxygen atoms in total. The molecule has 0 bridgehead atoms. The van der Waals surface area contributed by atoms with E-state index in [1.165, 1.54) is 13.2 Å². The Hall–Kier alpha value is -1.60. The Balaban J connectivity index is 3.23. The Labute approximate surface area is 97.4 Å². The Morgan fingerprint density at radius 3 is 2.81 bits per heavy atom. The minimum Gasteiger partial charge on any atom is -0.469 e. The molecule has 5 heteroatoms. The standard InChI is InChI=1S/C11H9ClFNO2/c1-16-11(15)4-10-7(5-12)2-9(13)3-8(10)6-14/h2-3H,4-5H2,1H3. The van der Waals surface area contributed by atoms with Crippen LogP contribution >= 0.6 is 11.6 Å². The van der Waals surface area contributed by atoms with Gasteiger partial charge < -0.3 is 4.74 Å². The number of hydrogen-bond acceptors (Lipinski definition) is 3. The monoisotopic (exact) mass is 241 g/mol. The van der Waals surface area contributed by atoms with Crippen LogP contribution in [0.2, 0.25) is 0 Å². The van der Waals surface area contributed by atoms with Crippen LogP contribution in [-0.2, 0) is 21.8 Å². The maximum absolute atomic E-state index is 13.1. The maximum Gasteiger partial charge on any atom is 0.310 e. The molecule has 16 heavy (non-hydrogen) atoms. The van der Waals surface area contributed by atoms with Crippen LogP contribution in [0.25, 0.3) is 0 Å². The zero-order valence-electron chi connectivity index (χ0n) is 8.59. The molecule has 84 valence electrons. The third-order valence-corrected chi connectivity index (χ3v) is 2.41. The van der Waals surface area contributed by atoms with Gasteiger partial charge in [0.05, 0.1) is 25.2 Å². The fourth-order valence-electron chi connectivity index (χ4n) is 1.34. The predicted molar refractivity (Wildman–Crippen MR) is 56.4 cm³/mol. The number of carbonyl (C=O) groups is 1. The second-order valence-electron chi connectivity index (χ2n) is 3.09. The molecule has 0 spiro atoms. The first-order valence-electron chi connectivity index (χ1n) is 4.46. The maximum atomic E-state index is 13.1. The van der Waals surface area contributed by atoms with E-state index in [-0.39, 0.29) is 17.9 Å². The zero-order valence-corrected chi connectivity index (χ0v) is 9.34. The summed E-state index contributed by atoms with van der Waals surface area (Å²) < 4.78 is 17.6. The van der Waals surface area contributed by atoms with E-state index in [0.717, 1.165) is 6.07 Å². The lowest BCUT2D eigenvalue weighted by Gasteiger charge is -2.08. The number of nitriles is 1. The summed E-state index contributed by atoms with van der Waals surface area (Å²) in [6.07, 6.45) is -0.0816. The summed E-state index contributed by atoms with van der Waals surface area (Å²) in [5, 5.41) is 8.84. The van der Waals surface area contributed by atoms with Gasteiger partial charge in [0, 0.05) is 5.88 Å². The van der Waals surface area contributed by atoms with Crippen LogP contribution in [0, 0.1) is 17.1 Å². The molecule has 0 aliphatic heterocycles. The largest absolute Gasteiger partial charge is 0.469 e. The van der Waals surface area contributed by atoms with E-state index in [2.05, 4.69) is 4.74 Å². The molecule has 0 saturated heterocycles. The van der Waals surface area contributed by atoms with Gasteiger partial charge in [-0.1, -0.05) is 0 Å². The second kappa shape index (κ2) is 5.47. The molecule has 0 radical (unpaired) electrons. The van der Waals surface area contributed by atoms with Crippen LogP contribution in [-0.4, -0.2) is 13.1 Å². The highest BCUT2D eigenvalue weighted by molar-refractivity contribution is 6.17. The molecule has 0 atom stereocenters. The summed E-state index contributed by atoms with van der Waals surface area (Å²) in [7, 11) is 1.25. The first-order valence-corrected chi connectivity index (χ1v) is 5.00. The number of alkyl halides is 1. The highest BCUT2D eigenvalue weighted by Gasteiger charge is 2.14. The van der Waals surface area contributed by atoms with Crippen molar-refractivity contribution >= 4 is 17.6 Å². The van der Waals surface area contributed by atoms with Crippen LogP contribution in [0.3, 0.4) is 0 Å². The Kier molecular flexibility index (Phi) is 4.27. The van der Waals surface area contributed by atoms with Crippen molar-refractivity contribution in [2.45, 2.75) is 12.3 Å². The lowest BCUT2D eigenvalue weighted by Crippen LogP contribution is -2.09. The Bertz CT molecular complexity index is 454. The average molecular weight is 242 g/mol. The summed E-state index contributed by atoms with van der Waals surface area (Å²) >= 11 is 5.63. The van der Waals surface area contributed by atoms with E-state index >= 15 is 0 Å². The minimum absolute atomic E-state index is 0.0404. The molecule has 0 aromatic heterocycles. The smallest absolute Gasteiger partial charge is 0.310 e. The number of nitrogens with zero attached hydrogens (tertiary/aromatic N) is 1. The van der Waals surface area contributed by atoms with Crippen molar-refractivity contribution in [3.05, 3.63) is 34.6 Å². The first-order chi connectivity index (χ1) is 7.62. The minimum atomic E-state index is -0.541. The third-order valence-electron chi connectivity index (χ3n) is 2.12. The van der Waals surface area contributed by atoms with E-state index in [1.807, 2.05) is 6.07 Å². The van der Waals surface area contributed by atoms with Crippen molar-refractivity contribution in [1.82, 2.24) is 0 Å². The van der Waals surface area contributed by atoms with Crippen LogP contribution in [0.4, 0.5) is 4.39 Å². The van der Waals surface area contributed by atoms with E-state index in [9.17, 15) is 9.18 Å². The number of halogens is 2. The number of hydrogen-bond donors (Lipinski definition) is 0. The van der Waals surface area contributed by atoms with E-state index in [0.29, 0.717) is 11.1 Å². The fourth-order valence-corrected chi connectivity index (χ4v) is 1.58. The number of carbonyl (C=O) groups excluding carboxylic acids is 1. The van der Waals surface area contributed by atoms with Crippen LogP contribution in [0.1, 0.15) is 16.7 Å². The van der Waals surface area contributed by atoms with Gasteiger partial charge in [-0.25, -0.2) is 4.39 Å². The van der Waals surface area contributed by atoms with Gasteiger partial charge >= 0.3 is 5.97 Å². The van der Waals surface area contributed by atoms with Gasteiger partial charge in [0.25, 0.3) is 0 Å². The van der Waals surface area contributed by atoms with Gasteiger partial charge in [0.15, 0.2) is 0 Å². The molecule has 0 N–H and O–H groups in total. The number of rotatable bonds is 3. The van der Waals surface area contributed by atoms with Gasteiger partial charge in [-0.15, -0.1) is 11.6 Å². The van der Waals surface area contributed by atoms with Crippen molar-refractivity contribution < 1.29 is 13.9 Å². The SMILES string of the molecule is COC(=O)Cc1c(C#N)cc(F)cc1CCl. The Morgan fingerprint density at radius 1 is 1.62 bits per heavy atom. The summed E-state index contributed by atoms with van der Waals surface area (Å²) in [6.45, 7) is 0. The molecular weight excluding hydrogens is 233 g/mol. The number of ether oxygens (including phenoxy) is 1. The van der Waals surface area contributed by atoms with Crippen LogP contribution in [0.15, 0.2) is 12.1 Å². The fraction of sp³-hybridized carbons (Fsp3) is 0.273. The second-order valence-corrected chi connectivity index (χ2v) is 3.36. The summed E-state index contributed by atoms with van der Waals surface area (Å²) in [6, 6.07) is 4.13. The first kappa shape index (κ1) is 12.5. The van der Waals surface area contributed by atoms with Gasteiger partial charge in [0.2, 0.25) is 0 Å². The molecule has 0 fully saturated rings. The van der Waals surface area contributed by atoms with E-state index in [1.54, 1.807) is 0 Å².